The van der Waals surface area contributed by atoms with Gasteiger partial charge in [0.2, 0.25) is 5.91 Å². The van der Waals surface area contributed by atoms with Crippen LogP contribution >= 0.6 is 0 Å². The third-order valence-corrected chi connectivity index (χ3v) is 5.88. The van der Waals surface area contributed by atoms with Gasteiger partial charge in [-0.2, -0.15) is 0 Å². The Hall–Kier alpha value is -3.28. The molecule has 2 amide bonds. The van der Waals surface area contributed by atoms with Crippen LogP contribution < -0.4 is 10.6 Å². The Morgan fingerprint density at radius 3 is 2.36 bits per heavy atom. The van der Waals surface area contributed by atoms with Gasteiger partial charge in [-0.1, -0.05) is 55.5 Å². The first-order chi connectivity index (χ1) is 15.6. The van der Waals surface area contributed by atoms with E-state index in [2.05, 4.69) is 15.6 Å². The maximum atomic E-state index is 13.4. The molecule has 0 fully saturated rings. The van der Waals surface area contributed by atoms with Crippen molar-refractivity contribution in [2.24, 2.45) is 0 Å². The number of rotatable bonds is 9. The monoisotopic (exact) mass is 449 g/mol. The number of amides is 2. The Morgan fingerprint density at radius 1 is 1.00 bits per heavy atom. The number of carbonyl (C=O) groups excluding carboxylic acids is 2. The van der Waals surface area contributed by atoms with E-state index >= 15 is 0 Å². The van der Waals surface area contributed by atoms with Crippen molar-refractivity contribution in [3.63, 3.8) is 0 Å². The number of hydrogen-bond donors (Lipinski definition) is 3. The van der Waals surface area contributed by atoms with Crippen LogP contribution in [0.3, 0.4) is 0 Å². The Bertz CT molecular complexity index is 1090. The molecule has 176 valence electrons. The van der Waals surface area contributed by atoms with E-state index in [0.29, 0.717) is 19.3 Å². The summed E-state index contributed by atoms with van der Waals surface area (Å²) in [6.07, 6.45) is 2.99. The Balaban J connectivity index is 1.79. The zero-order valence-electron chi connectivity index (χ0n) is 20.2. The highest BCUT2D eigenvalue weighted by atomic mass is 16.6. The van der Waals surface area contributed by atoms with Crippen LogP contribution in [0.25, 0.3) is 10.9 Å². The van der Waals surface area contributed by atoms with Gasteiger partial charge in [-0.15, -0.1) is 0 Å². The number of ether oxygens (including phenoxy) is 1. The van der Waals surface area contributed by atoms with Crippen LogP contribution in [0.1, 0.15) is 52.2 Å². The molecule has 1 atom stereocenters. The van der Waals surface area contributed by atoms with E-state index in [9.17, 15) is 9.59 Å². The van der Waals surface area contributed by atoms with Crippen LogP contribution in [0.5, 0.6) is 0 Å². The molecule has 1 heterocycles. The predicted molar refractivity (Wildman–Crippen MR) is 132 cm³/mol. The molecule has 0 bridgehead atoms. The summed E-state index contributed by atoms with van der Waals surface area (Å²) in [5, 5.41) is 6.97. The molecular formula is C27H35N3O3. The van der Waals surface area contributed by atoms with Crippen LogP contribution in [-0.4, -0.2) is 34.2 Å². The number of H-pyrrole nitrogens is 1. The Labute approximate surface area is 196 Å². The summed E-state index contributed by atoms with van der Waals surface area (Å²) in [4.78, 5) is 29.3. The number of carbonyl (C=O) groups is 2. The summed E-state index contributed by atoms with van der Waals surface area (Å²) in [5.74, 6) is -0.243. The number of hydrogen-bond acceptors (Lipinski definition) is 3. The zero-order valence-corrected chi connectivity index (χ0v) is 20.2. The van der Waals surface area contributed by atoms with E-state index < -0.39 is 23.3 Å². The topological polar surface area (TPSA) is 83.2 Å². The number of nitrogens with one attached hydrogen (secondary N) is 3. The molecule has 2 aromatic carbocycles. The molecule has 3 N–H and O–H groups in total. The number of fused-ring (bicyclic) bond motifs is 1. The summed E-state index contributed by atoms with van der Waals surface area (Å²) in [5.41, 5.74) is 1.98. The van der Waals surface area contributed by atoms with Gasteiger partial charge < -0.3 is 20.4 Å². The van der Waals surface area contributed by atoms with Gasteiger partial charge in [0.05, 0.1) is 0 Å². The number of aromatic amines is 1. The van der Waals surface area contributed by atoms with Crippen LogP contribution in [0, 0.1) is 0 Å². The second-order valence-corrected chi connectivity index (χ2v) is 9.80. The lowest BCUT2D eigenvalue weighted by Crippen LogP contribution is -2.55. The molecule has 0 saturated carbocycles. The van der Waals surface area contributed by atoms with Crippen molar-refractivity contribution >= 4 is 22.9 Å². The molecular weight excluding hydrogens is 414 g/mol. The third-order valence-electron chi connectivity index (χ3n) is 5.88. The minimum Gasteiger partial charge on any atom is -0.444 e. The molecule has 0 unspecified atom stereocenters. The van der Waals surface area contributed by atoms with E-state index in [1.165, 1.54) is 0 Å². The highest BCUT2D eigenvalue weighted by Gasteiger charge is 2.30. The number of alkyl carbamates (subject to hydrolysis) is 1. The van der Waals surface area contributed by atoms with Crippen LogP contribution in [-0.2, 0) is 22.4 Å². The molecule has 0 radical (unpaired) electrons. The van der Waals surface area contributed by atoms with E-state index in [4.69, 9.17) is 4.74 Å². The molecule has 3 aromatic rings. The second kappa shape index (κ2) is 10.1. The van der Waals surface area contributed by atoms with Gasteiger partial charge in [0.15, 0.2) is 0 Å². The first kappa shape index (κ1) is 24.4. The van der Waals surface area contributed by atoms with Gasteiger partial charge in [0.1, 0.15) is 11.6 Å². The fourth-order valence-electron chi connectivity index (χ4n) is 3.80. The number of benzene rings is 2. The minimum absolute atomic E-state index is 0.243. The maximum absolute atomic E-state index is 13.4. The first-order valence-corrected chi connectivity index (χ1v) is 11.5. The maximum Gasteiger partial charge on any atom is 0.408 e. The van der Waals surface area contributed by atoms with Crippen molar-refractivity contribution in [3.8, 4) is 0 Å². The summed E-state index contributed by atoms with van der Waals surface area (Å²) in [6.45, 7) is 9.63. The van der Waals surface area contributed by atoms with Crippen LogP contribution in [0.15, 0.2) is 60.8 Å². The quantitative estimate of drug-likeness (QED) is 0.423. The summed E-state index contributed by atoms with van der Waals surface area (Å²) < 4.78 is 5.56. The van der Waals surface area contributed by atoms with E-state index in [0.717, 1.165) is 22.0 Å². The lowest BCUT2D eigenvalue weighted by molar-refractivity contribution is -0.124. The smallest absolute Gasteiger partial charge is 0.408 e. The van der Waals surface area contributed by atoms with E-state index in [1.54, 1.807) is 0 Å². The first-order valence-electron chi connectivity index (χ1n) is 11.5. The van der Waals surface area contributed by atoms with Crippen molar-refractivity contribution in [2.45, 2.75) is 71.1 Å². The molecule has 6 nitrogen and oxygen atoms in total. The minimum atomic E-state index is -0.778. The molecule has 33 heavy (non-hydrogen) atoms. The van der Waals surface area contributed by atoms with Gasteiger partial charge in [0.25, 0.3) is 0 Å². The molecule has 6 heteroatoms. The van der Waals surface area contributed by atoms with Gasteiger partial charge in [-0.05, 0) is 57.7 Å². The molecule has 0 aliphatic rings. The lowest BCUT2D eigenvalue weighted by atomic mass is 9.94. The van der Waals surface area contributed by atoms with Crippen molar-refractivity contribution in [1.82, 2.24) is 15.6 Å². The van der Waals surface area contributed by atoms with Crippen LogP contribution in [0.4, 0.5) is 4.79 Å². The molecule has 0 spiro atoms. The third kappa shape index (κ3) is 6.85. The van der Waals surface area contributed by atoms with Gasteiger partial charge in [0, 0.05) is 29.1 Å². The molecule has 1 aromatic heterocycles. The average molecular weight is 450 g/mol. The summed E-state index contributed by atoms with van der Waals surface area (Å²) in [6, 6.07) is 17.2. The van der Waals surface area contributed by atoms with Gasteiger partial charge in [-0.3, -0.25) is 4.79 Å². The highest BCUT2D eigenvalue weighted by Crippen LogP contribution is 2.20. The molecule has 0 aliphatic heterocycles. The van der Waals surface area contributed by atoms with Crippen molar-refractivity contribution in [2.75, 3.05) is 0 Å². The normalized spacial score (nSPS) is 12.9. The summed E-state index contributed by atoms with van der Waals surface area (Å²) in [7, 11) is 0. The largest absolute Gasteiger partial charge is 0.444 e. The average Bonchev–Trinajstić information content (AvgIpc) is 3.16. The fraction of sp³-hybridized carbons (Fsp3) is 0.407. The molecule has 0 aliphatic carbocycles. The van der Waals surface area contributed by atoms with E-state index in [1.807, 2.05) is 95.4 Å². The van der Waals surface area contributed by atoms with Gasteiger partial charge in [-0.25, -0.2) is 4.79 Å². The summed E-state index contributed by atoms with van der Waals surface area (Å²) >= 11 is 0. The number of aromatic nitrogens is 1. The number of para-hydroxylation sites is 1. The molecule has 3 rings (SSSR count). The van der Waals surface area contributed by atoms with Crippen LogP contribution in [0.2, 0.25) is 0 Å². The highest BCUT2D eigenvalue weighted by molar-refractivity contribution is 5.88. The SMILES string of the molecule is CCC(C)(C)OC(=O)N[C@@H](Cc1c[nH]c2ccccc12)C(=O)NC(C)(C)Cc1ccccc1. The predicted octanol–water partition coefficient (Wildman–Crippen LogP) is 5.13. The fourth-order valence-corrected chi connectivity index (χ4v) is 3.80. The Kier molecular flexibility index (Phi) is 7.46. The molecule has 0 saturated heterocycles. The lowest BCUT2D eigenvalue weighted by Gasteiger charge is -2.30. The van der Waals surface area contributed by atoms with Crippen molar-refractivity contribution in [3.05, 3.63) is 71.9 Å². The van der Waals surface area contributed by atoms with E-state index in [-0.39, 0.29) is 5.91 Å². The second-order valence-electron chi connectivity index (χ2n) is 9.80. The zero-order chi connectivity index (χ0) is 24.1. The van der Waals surface area contributed by atoms with Gasteiger partial charge >= 0.3 is 6.09 Å². The van der Waals surface area contributed by atoms with Crippen molar-refractivity contribution < 1.29 is 14.3 Å². The standard InChI is InChI=1S/C27H35N3O3/c1-6-27(4,5)33-25(32)29-23(16-20-18-28-22-15-11-10-14-21(20)22)24(31)30-26(2,3)17-19-12-8-7-9-13-19/h7-15,18,23,28H,6,16-17H2,1-5H3,(H,29,32)(H,30,31)/t23-/m0/s1. The Morgan fingerprint density at radius 2 is 1.67 bits per heavy atom. The van der Waals surface area contributed by atoms with Crippen molar-refractivity contribution in [1.29, 1.82) is 0 Å².